The first-order valence-corrected chi connectivity index (χ1v) is 8.24. The molecule has 0 radical (unpaired) electrons. The molecule has 2 fully saturated rings. The molecule has 0 amide bonds. The first-order chi connectivity index (χ1) is 10.3. The van der Waals surface area contributed by atoms with E-state index in [1.807, 2.05) is 18.2 Å². The first-order valence-electron chi connectivity index (χ1n) is 7.42. The van der Waals surface area contributed by atoms with Crippen LogP contribution in [0.1, 0.15) is 12.8 Å². The average molecular weight is 305 g/mol. The summed E-state index contributed by atoms with van der Waals surface area (Å²) in [6, 6.07) is 5.87. The second-order valence-corrected chi connectivity index (χ2v) is 6.73. The molecule has 6 heteroatoms. The van der Waals surface area contributed by atoms with E-state index in [1.165, 1.54) is 6.42 Å². The molecule has 1 unspecified atom stereocenters. The van der Waals surface area contributed by atoms with E-state index in [2.05, 4.69) is 9.88 Å². The molecule has 2 aliphatic heterocycles. The third-order valence-electron chi connectivity index (χ3n) is 4.06. The molecule has 1 aromatic carbocycles. The predicted octanol–water partition coefficient (Wildman–Crippen LogP) is 2.26. The Kier molecular flexibility index (Phi) is 3.45. The molecule has 21 heavy (non-hydrogen) atoms. The van der Waals surface area contributed by atoms with Gasteiger partial charge in [-0.3, -0.25) is 0 Å². The highest BCUT2D eigenvalue weighted by Gasteiger charge is 2.30. The molecule has 3 heterocycles. The molecule has 0 spiro atoms. The maximum atomic E-state index is 5.90. The van der Waals surface area contributed by atoms with Crippen molar-refractivity contribution >= 4 is 32.4 Å². The van der Waals surface area contributed by atoms with Crippen molar-refractivity contribution in [1.29, 1.82) is 0 Å². The first kappa shape index (κ1) is 13.3. The number of benzene rings is 1. The Balaban J connectivity index is 1.33. The van der Waals surface area contributed by atoms with Gasteiger partial charge < -0.3 is 20.1 Å². The Morgan fingerprint density at radius 2 is 2.33 bits per heavy atom. The Hall–Kier alpha value is -1.37. The van der Waals surface area contributed by atoms with Crippen LogP contribution in [-0.4, -0.2) is 43.5 Å². The molecule has 2 saturated heterocycles. The third-order valence-corrected chi connectivity index (χ3v) is 5.14. The molecule has 0 aliphatic carbocycles. The van der Waals surface area contributed by atoms with Crippen LogP contribution in [0.2, 0.25) is 0 Å². The average Bonchev–Trinajstić information content (AvgIpc) is 3.05. The van der Waals surface area contributed by atoms with Gasteiger partial charge in [-0.05, 0) is 31.0 Å². The van der Waals surface area contributed by atoms with Gasteiger partial charge in [0, 0.05) is 25.4 Å². The Morgan fingerprint density at radius 3 is 3.14 bits per heavy atom. The number of aromatic nitrogens is 1. The van der Waals surface area contributed by atoms with Crippen molar-refractivity contribution in [2.45, 2.75) is 25.0 Å². The van der Waals surface area contributed by atoms with Crippen LogP contribution in [0, 0.1) is 0 Å². The summed E-state index contributed by atoms with van der Waals surface area (Å²) < 4.78 is 12.6. The monoisotopic (exact) mass is 305 g/mol. The number of nitrogen functional groups attached to an aromatic ring is 1. The summed E-state index contributed by atoms with van der Waals surface area (Å²) in [6.07, 6.45) is 2.92. The van der Waals surface area contributed by atoms with Gasteiger partial charge in [0.15, 0.2) is 5.13 Å². The van der Waals surface area contributed by atoms with E-state index in [0.29, 0.717) is 12.2 Å². The number of fused-ring (bicyclic) bond motifs is 1. The number of nitrogens with zero attached hydrogens (tertiary/aromatic N) is 2. The summed E-state index contributed by atoms with van der Waals surface area (Å²) >= 11 is 1.70. The molecule has 2 aromatic rings. The number of thiazole rings is 1. The maximum absolute atomic E-state index is 5.90. The quantitative estimate of drug-likeness (QED) is 0.878. The van der Waals surface area contributed by atoms with Crippen LogP contribution < -0.4 is 10.6 Å². The van der Waals surface area contributed by atoms with Crippen LogP contribution >= 0.6 is 11.3 Å². The van der Waals surface area contributed by atoms with E-state index >= 15 is 0 Å². The summed E-state index contributed by atoms with van der Waals surface area (Å²) in [5, 5.41) is 1.06. The number of rotatable bonds is 4. The molecule has 5 nitrogen and oxygen atoms in total. The molecule has 1 aromatic heterocycles. The van der Waals surface area contributed by atoms with Gasteiger partial charge in [-0.1, -0.05) is 11.3 Å². The van der Waals surface area contributed by atoms with Crippen LogP contribution in [0.15, 0.2) is 18.2 Å². The fraction of sp³-hybridized carbons (Fsp3) is 0.533. The zero-order valence-electron chi connectivity index (χ0n) is 11.8. The molecule has 4 rings (SSSR count). The van der Waals surface area contributed by atoms with Gasteiger partial charge in [-0.15, -0.1) is 0 Å². The molecule has 0 bridgehead atoms. The molecule has 112 valence electrons. The minimum absolute atomic E-state index is 0.310. The standard InChI is InChI=1S/C15H19N3O2S/c16-10-3-4-13-14(6-10)21-15(17-13)18-7-12(8-18)20-9-11-2-1-5-19-11/h3-4,6,11-12H,1-2,5,7-9,16H2. The molecule has 2 aliphatic rings. The van der Waals surface area contributed by atoms with E-state index in [9.17, 15) is 0 Å². The Morgan fingerprint density at radius 1 is 1.43 bits per heavy atom. The summed E-state index contributed by atoms with van der Waals surface area (Å²) in [4.78, 5) is 6.92. The summed E-state index contributed by atoms with van der Waals surface area (Å²) in [7, 11) is 0. The smallest absolute Gasteiger partial charge is 0.186 e. The van der Waals surface area contributed by atoms with Gasteiger partial charge in [0.05, 0.1) is 29.0 Å². The van der Waals surface area contributed by atoms with Crippen LogP contribution in [0.3, 0.4) is 0 Å². The molecule has 1 atom stereocenters. The largest absolute Gasteiger partial charge is 0.399 e. The van der Waals surface area contributed by atoms with Gasteiger partial charge in [-0.2, -0.15) is 0 Å². The Labute approximate surface area is 127 Å². The number of ether oxygens (including phenoxy) is 2. The lowest BCUT2D eigenvalue weighted by Crippen LogP contribution is -2.53. The number of anilines is 2. The lowest BCUT2D eigenvalue weighted by molar-refractivity contribution is -0.0295. The van der Waals surface area contributed by atoms with Gasteiger partial charge in [0.1, 0.15) is 0 Å². The van der Waals surface area contributed by atoms with Crippen LogP contribution in [0.4, 0.5) is 10.8 Å². The van der Waals surface area contributed by atoms with Gasteiger partial charge in [0.2, 0.25) is 0 Å². The van der Waals surface area contributed by atoms with Crippen LogP contribution in [0.25, 0.3) is 10.2 Å². The summed E-state index contributed by atoms with van der Waals surface area (Å²) in [5.41, 5.74) is 7.62. The van der Waals surface area contributed by atoms with E-state index in [4.69, 9.17) is 15.2 Å². The zero-order chi connectivity index (χ0) is 14.2. The number of hydrogen-bond donors (Lipinski definition) is 1. The number of hydrogen-bond acceptors (Lipinski definition) is 6. The topological polar surface area (TPSA) is 60.6 Å². The van der Waals surface area contributed by atoms with Crippen molar-refractivity contribution in [3.63, 3.8) is 0 Å². The normalized spacial score (nSPS) is 22.9. The molecule has 2 N–H and O–H groups in total. The second kappa shape index (κ2) is 5.44. The zero-order valence-corrected chi connectivity index (χ0v) is 12.6. The second-order valence-electron chi connectivity index (χ2n) is 5.72. The fourth-order valence-electron chi connectivity index (χ4n) is 2.78. The van der Waals surface area contributed by atoms with Crippen molar-refractivity contribution in [3.05, 3.63) is 18.2 Å². The fourth-order valence-corrected chi connectivity index (χ4v) is 3.82. The maximum Gasteiger partial charge on any atom is 0.186 e. The summed E-state index contributed by atoms with van der Waals surface area (Å²) in [5.74, 6) is 0. The van der Waals surface area contributed by atoms with Gasteiger partial charge >= 0.3 is 0 Å². The third kappa shape index (κ3) is 2.71. The lowest BCUT2D eigenvalue weighted by atomic mass is 10.2. The van der Waals surface area contributed by atoms with E-state index < -0.39 is 0 Å². The molecule has 0 saturated carbocycles. The molecular formula is C15H19N3O2S. The highest BCUT2D eigenvalue weighted by Crippen LogP contribution is 2.33. The lowest BCUT2D eigenvalue weighted by Gasteiger charge is -2.39. The van der Waals surface area contributed by atoms with Crippen molar-refractivity contribution < 1.29 is 9.47 Å². The van der Waals surface area contributed by atoms with Crippen molar-refractivity contribution in [1.82, 2.24) is 4.98 Å². The molecular weight excluding hydrogens is 286 g/mol. The van der Waals surface area contributed by atoms with Gasteiger partial charge in [0.25, 0.3) is 0 Å². The Bertz CT molecular complexity index is 633. The van der Waals surface area contributed by atoms with Crippen molar-refractivity contribution in [2.24, 2.45) is 0 Å². The highest BCUT2D eigenvalue weighted by molar-refractivity contribution is 7.22. The van der Waals surface area contributed by atoms with Crippen molar-refractivity contribution in [3.8, 4) is 0 Å². The highest BCUT2D eigenvalue weighted by atomic mass is 32.1. The minimum atomic E-state index is 0.310. The SMILES string of the molecule is Nc1ccc2nc(N3CC(OCC4CCCO4)C3)sc2c1. The van der Waals surface area contributed by atoms with E-state index in [1.54, 1.807) is 11.3 Å². The van der Waals surface area contributed by atoms with Gasteiger partial charge in [-0.25, -0.2) is 4.98 Å². The number of nitrogens with two attached hydrogens (primary N) is 1. The van der Waals surface area contributed by atoms with Crippen molar-refractivity contribution in [2.75, 3.05) is 36.9 Å². The minimum Gasteiger partial charge on any atom is -0.399 e. The van der Waals surface area contributed by atoms with Crippen LogP contribution in [0.5, 0.6) is 0 Å². The van der Waals surface area contributed by atoms with E-state index in [0.717, 1.165) is 53.8 Å². The summed E-state index contributed by atoms with van der Waals surface area (Å²) in [6.45, 7) is 3.46. The predicted molar refractivity (Wildman–Crippen MR) is 85.0 cm³/mol. The van der Waals surface area contributed by atoms with E-state index in [-0.39, 0.29) is 0 Å². The van der Waals surface area contributed by atoms with Crippen LogP contribution in [-0.2, 0) is 9.47 Å².